The molecular weight excluding hydrogens is 389 g/mol. The maximum absolute atomic E-state index is 13.6. The molecule has 0 radical (unpaired) electrons. The molecule has 9 heteroatoms. The van der Waals surface area contributed by atoms with E-state index in [-0.39, 0.29) is 36.8 Å². The van der Waals surface area contributed by atoms with E-state index in [1.165, 1.54) is 28.0 Å². The van der Waals surface area contributed by atoms with Crippen molar-refractivity contribution in [2.75, 3.05) is 13.1 Å². The average molecular weight is 420 g/mol. The number of urea groups is 1. The van der Waals surface area contributed by atoms with E-state index in [1.54, 1.807) is 0 Å². The second-order valence-electron chi connectivity index (χ2n) is 8.30. The van der Waals surface area contributed by atoms with Crippen LogP contribution in [-0.2, 0) is 4.79 Å². The second-order valence-corrected chi connectivity index (χ2v) is 8.30. The number of nitrogens with one attached hydrogen (secondary N) is 2. The van der Waals surface area contributed by atoms with Crippen LogP contribution >= 0.6 is 0 Å². The van der Waals surface area contributed by atoms with Crippen molar-refractivity contribution in [3.63, 3.8) is 0 Å². The second kappa shape index (κ2) is 9.42. The van der Waals surface area contributed by atoms with Crippen LogP contribution < -0.4 is 16.4 Å². The van der Waals surface area contributed by atoms with Gasteiger partial charge in [-0.3, -0.25) is 14.5 Å². The quantitative estimate of drug-likeness (QED) is 0.686. The topological polar surface area (TPSA) is 108 Å². The Bertz CT molecular complexity index is 795. The molecule has 1 aromatic rings. The molecule has 4 amide bonds. The van der Waals surface area contributed by atoms with Gasteiger partial charge in [0.25, 0.3) is 11.8 Å². The first-order chi connectivity index (χ1) is 14.3. The largest absolute Gasteiger partial charge is 0.350 e. The monoisotopic (exact) mass is 419 g/mol. The van der Waals surface area contributed by atoms with Gasteiger partial charge in [0, 0.05) is 36.8 Å². The molecule has 1 unspecified atom stereocenters. The summed E-state index contributed by atoms with van der Waals surface area (Å²) in [5, 5.41) is 5.76. The molecule has 1 atom stereocenters. The van der Waals surface area contributed by atoms with Crippen LogP contribution in [0, 0.1) is 5.82 Å². The number of benzene rings is 1. The average Bonchev–Trinajstić information content (AvgIpc) is 3.14. The highest BCUT2D eigenvalue weighted by molar-refractivity contribution is 5.99. The van der Waals surface area contributed by atoms with Gasteiger partial charge in [-0.25, -0.2) is 9.18 Å². The molecule has 1 saturated carbocycles. The zero-order chi connectivity index (χ0) is 21.8. The van der Waals surface area contributed by atoms with E-state index >= 15 is 0 Å². The molecule has 0 bridgehead atoms. The van der Waals surface area contributed by atoms with Crippen molar-refractivity contribution in [2.45, 2.75) is 63.8 Å². The van der Waals surface area contributed by atoms with Gasteiger partial charge >= 0.3 is 6.03 Å². The summed E-state index contributed by atoms with van der Waals surface area (Å²) in [6.07, 6.45) is 2.07. The van der Waals surface area contributed by atoms with Gasteiger partial charge in [0.2, 0.25) is 0 Å². The molecule has 0 spiro atoms. The Morgan fingerprint density at radius 3 is 2.40 bits per heavy atom. The minimum atomic E-state index is -1.09. The first-order valence-corrected chi connectivity index (χ1v) is 10.5. The normalized spacial score (nSPS) is 24.1. The van der Waals surface area contributed by atoms with Crippen LogP contribution in [0.1, 0.15) is 49.9 Å². The summed E-state index contributed by atoms with van der Waals surface area (Å²) in [6, 6.07) is 4.90. The Morgan fingerprint density at radius 1 is 1.10 bits per heavy atom. The van der Waals surface area contributed by atoms with Crippen molar-refractivity contribution in [1.82, 2.24) is 20.4 Å². The summed E-state index contributed by atoms with van der Waals surface area (Å²) >= 11 is 0. The van der Waals surface area contributed by atoms with Gasteiger partial charge in [0.05, 0.1) is 0 Å². The minimum Gasteiger partial charge on any atom is -0.350 e. The summed E-state index contributed by atoms with van der Waals surface area (Å²) in [6.45, 7) is 4.05. The van der Waals surface area contributed by atoms with Gasteiger partial charge in [0.15, 0.2) is 6.17 Å². The molecule has 4 N–H and O–H groups in total. The number of hydrogen-bond donors (Lipinski definition) is 3. The van der Waals surface area contributed by atoms with E-state index in [0.717, 1.165) is 31.7 Å². The minimum absolute atomic E-state index is 0.0426. The SMILES string of the molecule is CC(C)NC(=O)N1CCN(C(=O)c2cccc(F)c2)C1C(=O)NC1CCC(N)CC1. The maximum atomic E-state index is 13.6. The van der Waals surface area contributed by atoms with E-state index in [9.17, 15) is 18.8 Å². The number of nitrogens with zero attached hydrogens (tertiary/aromatic N) is 2. The molecule has 164 valence electrons. The molecule has 1 aliphatic heterocycles. The van der Waals surface area contributed by atoms with Crippen LogP contribution in [0.4, 0.5) is 9.18 Å². The third-order valence-corrected chi connectivity index (χ3v) is 5.53. The van der Waals surface area contributed by atoms with Crippen LogP contribution in [0.3, 0.4) is 0 Å². The number of halogens is 1. The maximum Gasteiger partial charge on any atom is 0.319 e. The predicted octanol–water partition coefficient (Wildman–Crippen LogP) is 1.41. The smallest absolute Gasteiger partial charge is 0.319 e. The molecule has 0 aromatic heterocycles. The number of nitrogens with two attached hydrogens (primary N) is 1. The van der Waals surface area contributed by atoms with E-state index < -0.39 is 29.8 Å². The van der Waals surface area contributed by atoms with Crippen molar-refractivity contribution in [2.24, 2.45) is 5.73 Å². The van der Waals surface area contributed by atoms with Gasteiger partial charge in [-0.05, 0) is 57.7 Å². The lowest BCUT2D eigenvalue weighted by Crippen LogP contribution is -2.58. The number of amides is 4. The molecule has 2 fully saturated rings. The lowest BCUT2D eigenvalue weighted by atomic mass is 9.92. The van der Waals surface area contributed by atoms with Gasteiger partial charge < -0.3 is 21.3 Å². The molecule has 1 heterocycles. The van der Waals surface area contributed by atoms with Crippen LogP contribution in [-0.4, -0.2) is 65.0 Å². The summed E-state index contributed by atoms with van der Waals surface area (Å²) in [4.78, 5) is 41.6. The highest BCUT2D eigenvalue weighted by Crippen LogP contribution is 2.22. The Labute approximate surface area is 176 Å². The molecule has 1 aromatic carbocycles. The van der Waals surface area contributed by atoms with Gasteiger partial charge in [-0.2, -0.15) is 0 Å². The zero-order valence-electron chi connectivity index (χ0n) is 17.4. The molecule has 2 aliphatic rings. The highest BCUT2D eigenvalue weighted by Gasteiger charge is 2.43. The standard InChI is InChI=1S/C21H30FN5O3/c1-13(2)24-21(30)27-11-10-26(20(29)14-4-3-5-15(22)12-14)19(27)18(28)25-17-8-6-16(23)7-9-17/h3-5,12-13,16-17,19H,6-11,23H2,1-2H3,(H,24,30)(H,25,28). The Balaban J connectivity index is 1.81. The van der Waals surface area contributed by atoms with Crippen LogP contribution in [0.25, 0.3) is 0 Å². The van der Waals surface area contributed by atoms with Crippen molar-refractivity contribution in [1.29, 1.82) is 0 Å². The first-order valence-electron chi connectivity index (χ1n) is 10.5. The molecule has 1 aliphatic carbocycles. The van der Waals surface area contributed by atoms with Gasteiger partial charge in [-0.15, -0.1) is 0 Å². The molecule has 1 saturated heterocycles. The fourth-order valence-corrected chi connectivity index (χ4v) is 3.99. The lowest BCUT2D eigenvalue weighted by Gasteiger charge is -2.33. The fourth-order valence-electron chi connectivity index (χ4n) is 3.99. The van der Waals surface area contributed by atoms with Crippen molar-refractivity contribution in [3.8, 4) is 0 Å². The number of rotatable bonds is 4. The third-order valence-electron chi connectivity index (χ3n) is 5.53. The third kappa shape index (κ3) is 5.08. The van der Waals surface area contributed by atoms with E-state index in [1.807, 2.05) is 13.8 Å². The number of carbonyl (C=O) groups excluding carboxylic acids is 3. The fraction of sp³-hybridized carbons (Fsp3) is 0.571. The Hall–Kier alpha value is -2.68. The summed E-state index contributed by atoms with van der Waals surface area (Å²) in [7, 11) is 0. The van der Waals surface area contributed by atoms with Crippen LogP contribution in [0.5, 0.6) is 0 Å². The van der Waals surface area contributed by atoms with Crippen molar-refractivity contribution >= 4 is 17.8 Å². The summed E-state index contributed by atoms with van der Waals surface area (Å²) in [5.41, 5.74) is 6.08. The highest BCUT2D eigenvalue weighted by atomic mass is 19.1. The lowest BCUT2D eigenvalue weighted by molar-refractivity contribution is -0.129. The summed E-state index contributed by atoms with van der Waals surface area (Å²) in [5.74, 6) is -1.43. The van der Waals surface area contributed by atoms with E-state index in [0.29, 0.717) is 0 Å². The van der Waals surface area contributed by atoms with Crippen LogP contribution in [0.15, 0.2) is 24.3 Å². The molecular formula is C21H30FN5O3. The zero-order valence-corrected chi connectivity index (χ0v) is 17.4. The van der Waals surface area contributed by atoms with Crippen molar-refractivity contribution in [3.05, 3.63) is 35.6 Å². The number of carbonyl (C=O) groups is 3. The number of hydrogen-bond acceptors (Lipinski definition) is 4. The van der Waals surface area contributed by atoms with E-state index in [2.05, 4.69) is 10.6 Å². The molecule has 3 rings (SSSR count). The molecule has 30 heavy (non-hydrogen) atoms. The van der Waals surface area contributed by atoms with Gasteiger partial charge in [-0.1, -0.05) is 6.07 Å². The Kier molecular flexibility index (Phi) is 6.91. The van der Waals surface area contributed by atoms with Gasteiger partial charge in [0.1, 0.15) is 5.82 Å². The van der Waals surface area contributed by atoms with Crippen LogP contribution in [0.2, 0.25) is 0 Å². The van der Waals surface area contributed by atoms with Crippen molar-refractivity contribution < 1.29 is 18.8 Å². The Morgan fingerprint density at radius 2 is 1.77 bits per heavy atom. The summed E-state index contributed by atoms with van der Waals surface area (Å²) < 4.78 is 13.6. The predicted molar refractivity (Wildman–Crippen MR) is 110 cm³/mol. The first kappa shape index (κ1) is 22.0. The molecule has 8 nitrogen and oxygen atoms in total. The van der Waals surface area contributed by atoms with E-state index in [4.69, 9.17) is 5.73 Å².